The number of aryl methyl sites for hydroxylation is 1. The zero-order valence-corrected chi connectivity index (χ0v) is 10.3. The number of nitrogens with zero attached hydrogens (tertiary/aromatic N) is 1. The molecule has 0 atom stereocenters. The summed E-state index contributed by atoms with van der Waals surface area (Å²) in [6.45, 7) is 1.93. The number of benzene rings is 1. The summed E-state index contributed by atoms with van der Waals surface area (Å²) in [7, 11) is 0. The van der Waals surface area contributed by atoms with Crippen molar-refractivity contribution in [1.82, 2.24) is 4.90 Å². The zero-order chi connectivity index (χ0) is 13.1. The van der Waals surface area contributed by atoms with Gasteiger partial charge < -0.3 is 15.3 Å². The zero-order valence-electron chi connectivity index (χ0n) is 10.3. The lowest BCUT2D eigenvalue weighted by Gasteiger charge is -2.21. The van der Waals surface area contributed by atoms with E-state index in [4.69, 9.17) is 5.11 Å². The Kier molecular flexibility index (Phi) is 3.81. The monoisotopic (exact) mass is 252 g/mol. The quantitative estimate of drug-likeness (QED) is 0.862. The molecule has 0 aliphatic heterocycles. The van der Waals surface area contributed by atoms with Crippen LogP contribution in [-0.4, -0.2) is 35.2 Å². The van der Waals surface area contributed by atoms with Crippen LogP contribution in [0.3, 0.4) is 0 Å². The molecule has 5 heteroatoms. The maximum Gasteiger partial charge on any atom is 0.322 e. The molecule has 98 valence electrons. The third-order valence-corrected chi connectivity index (χ3v) is 3.00. The van der Waals surface area contributed by atoms with Gasteiger partial charge in [0.25, 0.3) is 0 Å². The topological polar surface area (TPSA) is 52.6 Å². The van der Waals surface area contributed by atoms with Crippen LogP contribution in [0.1, 0.15) is 18.4 Å². The molecule has 2 amide bonds. The lowest BCUT2D eigenvalue weighted by atomic mass is 10.2. The minimum absolute atomic E-state index is 0.0492. The third kappa shape index (κ3) is 2.98. The second kappa shape index (κ2) is 5.35. The minimum Gasteiger partial charge on any atom is -0.395 e. The number of hydrogen-bond donors (Lipinski definition) is 2. The summed E-state index contributed by atoms with van der Waals surface area (Å²) in [6.07, 6.45) is 1.96. The Morgan fingerprint density at radius 3 is 2.83 bits per heavy atom. The fraction of sp³-hybridized carbons (Fsp3) is 0.462. The molecule has 0 bridgehead atoms. The summed E-state index contributed by atoms with van der Waals surface area (Å²) in [5.41, 5.74) is 1.07. The number of anilines is 1. The molecular weight excluding hydrogens is 235 g/mol. The van der Waals surface area contributed by atoms with Crippen LogP contribution in [0.15, 0.2) is 18.2 Å². The van der Waals surface area contributed by atoms with E-state index < -0.39 is 0 Å². The number of rotatable bonds is 4. The van der Waals surface area contributed by atoms with Gasteiger partial charge in [0.15, 0.2) is 0 Å². The van der Waals surface area contributed by atoms with Crippen molar-refractivity contribution in [3.8, 4) is 0 Å². The van der Waals surface area contributed by atoms with E-state index >= 15 is 0 Å². The summed E-state index contributed by atoms with van der Waals surface area (Å²) in [4.78, 5) is 13.6. The second-order valence-electron chi connectivity index (χ2n) is 4.54. The summed E-state index contributed by atoms with van der Waals surface area (Å²) in [5.74, 6) is -0.289. The van der Waals surface area contributed by atoms with Crippen molar-refractivity contribution in [3.63, 3.8) is 0 Å². The Labute approximate surface area is 105 Å². The summed E-state index contributed by atoms with van der Waals surface area (Å²) >= 11 is 0. The number of urea groups is 1. The molecule has 2 rings (SSSR count). The van der Waals surface area contributed by atoms with Gasteiger partial charge >= 0.3 is 6.03 Å². The van der Waals surface area contributed by atoms with Crippen molar-refractivity contribution in [3.05, 3.63) is 29.6 Å². The van der Waals surface area contributed by atoms with Gasteiger partial charge in [-0.15, -0.1) is 0 Å². The summed E-state index contributed by atoms with van der Waals surface area (Å²) < 4.78 is 13.1. The molecular formula is C13H17FN2O2. The molecule has 0 unspecified atom stereocenters. The average Bonchev–Trinajstić information content (AvgIpc) is 3.15. The van der Waals surface area contributed by atoms with Crippen LogP contribution in [0, 0.1) is 12.7 Å². The number of amides is 2. The molecule has 4 nitrogen and oxygen atoms in total. The van der Waals surface area contributed by atoms with E-state index in [9.17, 15) is 9.18 Å². The molecule has 1 aliphatic carbocycles. The first kappa shape index (κ1) is 12.8. The van der Waals surface area contributed by atoms with Gasteiger partial charge in [-0.05, 0) is 43.5 Å². The molecule has 0 aromatic heterocycles. The summed E-state index contributed by atoms with van der Waals surface area (Å²) in [5, 5.41) is 11.7. The number of carbonyl (C=O) groups excluding carboxylic acids is 1. The van der Waals surface area contributed by atoms with Crippen LogP contribution in [0.4, 0.5) is 14.9 Å². The molecule has 1 fully saturated rings. The van der Waals surface area contributed by atoms with Gasteiger partial charge in [0, 0.05) is 18.3 Å². The number of aliphatic hydroxyl groups excluding tert-OH is 1. The van der Waals surface area contributed by atoms with E-state index in [-0.39, 0.29) is 24.5 Å². The molecule has 0 saturated heterocycles. The van der Waals surface area contributed by atoms with Gasteiger partial charge in [-0.25, -0.2) is 9.18 Å². The van der Waals surface area contributed by atoms with Crippen LogP contribution >= 0.6 is 0 Å². The molecule has 0 radical (unpaired) electrons. The van der Waals surface area contributed by atoms with Gasteiger partial charge in [-0.1, -0.05) is 0 Å². The smallest absolute Gasteiger partial charge is 0.322 e. The molecule has 1 aliphatic rings. The van der Waals surface area contributed by atoms with Crippen molar-refractivity contribution in [2.75, 3.05) is 18.5 Å². The molecule has 2 N–H and O–H groups in total. The highest BCUT2D eigenvalue weighted by Gasteiger charge is 2.32. The fourth-order valence-corrected chi connectivity index (χ4v) is 1.86. The van der Waals surface area contributed by atoms with Crippen LogP contribution in [0.25, 0.3) is 0 Å². The highest BCUT2D eigenvalue weighted by Crippen LogP contribution is 2.27. The van der Waals surface area contributed by atoms with E-state index in [1.807, 2.05) is 0 Å². The Morgan fingerprint density at radius 1 is 1.56 bits per heavy atom. The van der Waals surface area contributed by atoms with Crippen LogP contribution in [-0.2, 0) is 0 Å². The van der Waals surface area contributed by atoms with Crippen molar-refractivity contribution < 1.29 is 14.3 Å². The Morgan fingerprint density at radius 2 is 2.28 bits per heavy atom. The number of hydrogen-bond acceptors (Lipinski definition) is 2. The van der Waals surface area contributed by atoms with Gasteiger partial charge in [-0.3, -0.25) is 0 Å². The first-order valence-corrected chi connectivity index (χ1v) is 6.06. The highest BCUT2D eigenvalue weighted by atomic mass is 19.1. The van der Waals surface area contributed by atoms with Crippen LogP contribution in [0.2, 0.25) is 0 Å². The number of halogens is 1. The number of nitrogens with one attached hydrogen (secondary N) is 1. The standard InChI is InChI=1S/C13H17FN2O2/c1-9-8-10(2-5-12(9)14)15-13(18)16(6-7-17)11-3-4-11/h2,5,8,11,17H,3-4,6-7H2,1H3,(H,15,18). The second-order valence-corrected chi connectivity index (χ2v) is 4.54. The molecule has 0 spiro atoms. The largest absolute Gasteiger partial charge is 0.395 e. The minimum atomic E-state index is -0.289. The van der Waals surface area contributed by atoms with Crippen molar-refractivity contribution in [2.45, 2.75) is 25.8 Å². The highest BCUT2D eigenvalue weighted by molar-refractivity contribution is 5.89. The van der Waals surface area contributed by atoms with E-state index in [0.29, 0.717) is 17.8 Å². The predicted molar refractivity (Wildman–Crippen MR) is 67.0 cm³/mol. The first-order valence-electron chi connectivity index (χ1n) is 6.06. The Hall–Kier alpha value is -1.62. The van der Waals surface area contributed by atoms with Gasteiger partial charge in [0.1, 0.15) is 5.82 Å². The molecule has 1 saturated carbocycles. The predicted octanol–water partition coefficient (Wildman–Crippen LogP) is 2.12. The Balaban J connectivity index is 2.02. The van der Waals surface area contributed by atoms with E-state index in [1.165, 1.54) is 12.1 Å². The van der Waals surface area contributed by atoms with Crippen LogP contribution in [0.5, 0.6) is 0 Å². The van der Waals surface area contributed by atoms with Gasteiger partial charge in [-0.2, -0.15) is 0 Å². The van der Waals surface area contributed by atoms with Crippen molar-refractivity contribution >= 4 is 11.7 Å². The van der Waals surface area contributed by atoms with Gasteiger partial charge in [0.2, 0.25) is 0 Å². The molecule has 0 heterocycles. The van der Waals surface area contributed by atoms with Crippen molar-refractivity contribution in [1.29, 1.82) is 0 Å². The van der Waals surface area contributed by atoms with E-state index in [2.05, 4.69) is 5.32 Å². The average molecular weight is 252 g/mol. The number of aliphatic hydroxyl groups is 1. The Bertz CT molecular complexity index is 447. The lowest BCUT2D eigenvalue weighted by molar-refractivity contribution is 0.185. The SMILES string of the molecule is Cc1cc(NC(=O)N(CCO)C2CC2)ccc1F. The van der Waals surface area contributed by atoms with Gasteiger partial charge in [0.05, 0.1) is 6.61 Å². The number of carbonyl (C=O) groups is 1. The van der Waals surface area contributed by atoms with E-state index in [0.717, 1.165) is 12.8 Å². The fourth-order valence-electron chi connectivity index (χ4n) is 1.86. The molecule has 1 aromatic rings. The van der Waals surface area contributed by atoms with Crippen LogP contribution < -0.4 is 5.32 Å². The summed E-state index contributed by atoms with van der Waals surface area (Å²) in [6, 6.07) is 4.45. The third-order valence-electron chi connectivity index (χ3n) is 3.00. The first-order chi connectivity index (χ1) is 8.61. The normalized spacial score (nSPS) is 14.4. The maximum absolute atomic E-state index is 13.1. The molecule has 1 aromatic carbocycles. The maximum atomic E-state index is 13.1. The van der Waals surface area contributed by atoms with E-state index in [1.54, 1.807) is 17.9 Å². The van der Waals surface area contributed by atoms with Crippen molar-refractivity contribution in [2.24, 2.45) is 0 Å². The lowest BCUT2D eigenvalue weighted by Crippen LogP contribution is -2.38. The molecule has 18 heavy (non-hydrogen) atoms.